The van der Waals surface area contributed by atoms with Gasteiger partial charge in [0, 0.05) is 0 Å². The quantitative estimate of drug-likeness (QED) is 0.422. The third-order valence-electron chi connectivity index (χ3n) is 1.28. The normalized spacial score (nSPS) is 5.22. The molecular formula is C12H12O5W. The molecule has 0 aliphatic heterocycles. The minimum absolute atomic E-state index is 0.335. The van der Waals surface area contributed by atoms with Gasteiger partial charge in [0.05, 0.1) is 0 Å². The summed E-state index contributed by atoms with van der Waals surface area (Å²) in [5, 5.41) is 0. The molecule has 0 N–H and O–H groups in total. The van der Waals surface area contributed by atoms with Crippen LogP contribution >= 0.6 is 0 Å². The Morgan fingerprint density at radius 2 is 0.944 bits per heavy atom. The van der Waals surface area contributed by atoms with E-state index in [1.807, 2.05) is 0 Å². The Balaban J connectivity index is -0.0000000304. The first-order valence-corrected chi connectivity index (χ1v) is 5.19. The van der Waals surface area contributed by atoms with Crippen LogP contribution < -0.4 is 0 Å². The van der Waals surface area contributed by atoms with Gasteiger partial charge in [-0.15, -0.1) is 0 Å². The molecule has 0 aliphatic carbocycles. The van der Waals surface area contributed by atoms with Gasteiger partial charge in [-0.25, -0.2) is 0 Å². The van der Waals surface area contributed by atoms with Crippen molar-refractivity contribution in [1.29, 1.82) is 0 Å². The molecule has 0 heterocycles. The second kappa shape index (κ2) is 44.4. The Hall–Kier alpha value is -0.962. The zero-order valence-electron chi connectivity index (χ0n) is 10.4. The van der Waals surface area contributed by atoms with Crippen molar-refractivity contribution in [3.05, 3.63) is 38.8 Å². The Labute approximate surface area is 119 Å². The summed E-state index contributed by atoms with van der Waals surface area (Å²) in [6.07, 6.45) is 0. The number of hydrogen-bond acceptors (Lipinski definition) is 0. The zero-order valence-corrected chi connectivity index (χ0v) is 13.4. The molecule has 0 saturated heterocycles. The van der Waals surface area contributed by atoms with Crippen molar-refractivity contribution in [2.75, 3.05) is 0 Å². The summed E-state index contributed by atoms with van der Waals surface area (Å²) in [6.45, 7) is 31.3. The molecule has 0 aromatic rings. The van der Waals surface area contributed by atoms with Crippen LogP contribution in [0, 0.1) is 38.7 Å². The van der Waals surface area contributed by atoms with Gasteiger partial charge in [0.2, 0.25) is 0 Å². The van der Waals surface area contributed by atoms with Crippen LogP contribution in [0.15, 0.2) is 5.57 Å². The van der Waals surface area contributed by atoms with Gasteiger partial charge in [0.1, 0.15) is 0 Å². The molecule has 0 rings (SSSR count). The fraction of sp³-hybridized carbons (Fsp3) is 0.417. The number of hydrogen-bond donors (Lipinski definition) is 0. The van der Waals surface area contributed by atoms with Crippen LogP contribution in [0.4, 0.5) is 0 Å². The first-order chi connectivity index (χ1) is 8.48. The average molecular weight is 420 g/mol. The van der Waals surface area contributed by atoms with Crippen LogP contribution in [0.5, 0.6) is 0 Å². The molecule has 6 heteroatoms. The SMILES string of the molecule is CC(=[C]=[W])C(C)(C)C.[C-]#[O+].[C-]#[O+].[C-]#[O+].[C-]#[O+].[C-]#[O+]. The molecule has 0 aromatic heterocycles. The van der Waals surface area contributed by atoms with Crippen LogP contribution in [0.3, 0.4) is 0 Å². The summed E-state index contributed by atoms with van der Waals surface area (Å²) < 4.78 is 40.7. The predicted molar refractivity (Wildman–Crippen MR) is 53.3 cm³/mol. The van der Waals surface area contributed by atoms with Crippen molar-refractivity contribution in [1.82, 2.24) is 0 Å². The summed E-state index contributed by atoms with van der Waals surface area (Å²) >= 11 is 1.42. The van der Waals surface area contributed by atoms with Gasteiger partial charge in [-0.1, -0.05) is 0 Å². The maximum absolute atomic E-state index is 7.50. The monoisotopic (exact) mass is 420 g/mol. The van der Waals surface area contributed by atoms with E-state index >= 15 is 0 Å². The van der Waals surface area contributed by atoms with E-state index in [0.717, 1.165) is 0 Å². The first-order valence-electron chi connectivity index (χ1n) is 3.72. The molecule has 0 amide bonds. The molecule has 0 radical (unpaired) electrons. The molecule has 0 fully saturated rings. The Morgan fingerprint density at radius 3 is 0.944 bits per heavy atom. The van der Waals surface area contributed by atoms with Crippen molar-refractivity contribution >= 4 is 4.06 Å². The van der Waals surface area contributed by atoms with E-state index in [9.17, 15) is 0 Å². The summed E-state index contributed by atoms with van der Waals surface area (Å²) in [7, 11) is 0. The minimum atomic E-state index is 0.335. The first kappa shape index (κ1) is 36.0. The molecule has 0 spiro atoms. The van der Waals surface area contributed by atoms with Crippen molar-refractivity contribution in [3.63, 3.8) is 0 Å². The number of rotatable bonds is 0. The van der Waals surface area contributed by atoms with Crippen LogP contribution in [0.25, 0.3) is 0 Å². The molecule has 0 unspecified atom stereocenters. The molecule has 0 bridgehead atoms. The van der Waals surface area contributed by atoms with Crippen molar-refractivity contribution < 1.29 is 42.6 Å². The second-order valence-electron chi connectivity index (χ2n) is 2.98. The standard InChI is InChI=1S/C7H12.5CO.W/c1-6(2)7(3,4)5;5*1-2;/h1,3-5H3;;;;;;. The molecule has 0 atom stereocenters. The third kappa shape index (κ3) is 59.8. The summed E-state index contributed by atoms with van der Waals surface area (Å²) in [4.78, 5) is 0. The number of allylic oxidation sites excluding steroid dienone is 1. The second-order valence-corrected chi connectivity index (χ2v) is 3.71. The molecule has 18 heavy (non-hydrogen) atoms. The molecular weight excluding hydrogens is 408 g/mol. The Morgan fingerprint density at radius 1 is 0.778 bits per heavy atom. The van der Waals surface area contributed by atoms with Crippen LogP contribution in [0.1, 0.15) is 27.7 Å². The van der Waals surface area contributed by atoms with E-state index in [4.69, 9.17) is 23.3 Å². The maximum atomic E-state index is 7.50. The Kier molecular flexibility index (Phi) is 88.7. The molecule has 0 aromatic carbocycles. The fourth-order valence-electron chi connectivity index (χ4n) is 0.153. The van der Waals surface area contributed by atoms with E-state index < -0.39 is 0 Å². The summed E-state index contributed by atoms with van der Waals surface area (Å²) in [5.74, 6) is 0. The predicted octanol–water partition coefficient (Wildman–Crippen LogP) is 1.74. The zero-order chi connectivity index (χ0) is 16.8. The van der Waals surface area contributed by atoms with Gasteiger partial charge in [0.15, 0.2) is 0 Å². The average Bonchev–Trinajstić information content (AvgIpc) is 2.47. The topological polar surface area (TPSA) is 99.5 Å². The van der Waals surface area contributed by atoms with E-state index in [0.29, 0.717) is 5.41 Å². The molecule has 0 aliphatic rings. The van der Waals surface area contributed by atoms with Gasteiger partial charge in [-0.2, -0.15) is 0 Å². The van der Waals surface area contributed by atoms with Gasteiger partial charge >= 0.3 is 119 Å². The van der Waals surface area contributed by atoms with E-state index in [1.165, 1.54) is 24.9 Å². The van der Waals surface area contributed by atoms with Gasteiger partial charge < -0.3 is 0 Å². The van der Waals surface area contributed by atoms with Crippen LogP contribution in [0.2, 0.25) is 0 Å². The van der Waals surface area contributed by atoms with Gasteiger partial charge in [-0.3, -0.25) is 0 Å². The molecule has 0 saturated carbocycles. The van der Waals surface area contributed by atoms with Gasteiger partial charge in [-0.05, 0) is 0 Å². The fourth-order valence-corrected chi connectivity index (χ4v) is 1.25. The summed E-state index contributed by atoms with van der Waals surface area (Å²) in [5.41, 5.74) is 1.70. The third-order valence-corrected chi connectivity index (χ3v) is 2.38. The van der Waals surface area contributed by atoms with E-state index in [2.05, 4.69) is 65.0 Å². The summed E-state index contributed by atoms with van der Waals surface area (Å²) in [6, 6.07) is 0. The van der Waals surface area contributed by atoms with Crippen LogP contribution in [-0.4, -0.2) is 4.06 Å². The van der Waals surface area contributed by atoms with Crippen LogP contribution in [-0.2, 0) is 42.6 Å². The van der Waals surface area contributed by atoms with Gasteiger partial charge in [0.25, 0.3) is 0 Å². The van der Waals surface area contributed by atoms with E-state index in [1.54, 1.807) is 0 Å². The Bertz CT molecular complexity index is 260. The van der Waals surface area contributed by atoms with E-state index in [-0.39, 0.29) is 0 Å². The van der Waals surface area contributed by atoms with Crippen molar-refractivity contribution in [2.24, 2.45) is 5.41 Å². The molecule has 5 nitrogen and oxygen atoms in total. The van der Waals surface area contributed by atoms with Crippen molar-refractivity contribution in [3.8, 4) is 0 Å². The molecule has 96 valence electrons. The van der Waals surface area contributed by atoms with Crippen molar-refractivity contribution in [2.45, 2.75) is 27.7 Å².